The van der Waals surface area contributed by atoms with Crippen molar-refractivity contribution >= 4 is 34.9 Å². The Bertz CT molecular complexity index is 1020. The molecule has 0 aliphatic carbocycles. The van der Waals surface area contributed by atoms with Crippen molar-refractivity contribution in [2.45, 2.75) is 18.9 Å². The number of halogens is 1. The molecule has 31 heavy (non-hydrogen) atoms. The van der Waals surface area contributed by atoms with E-state index in [-0.39, 0.29) is 27.8 Å². The average molecular weight is 447 g/mol. The Balaban J connectivity index is 1.68. The molecule has 1 aliphatic heterocycles. The first-order chi connectivity index (χ1) is 14.9. The number of rotatable bonds is 8. The summed E-state index contributed by atoms with van der Waals surface area (Å²) in [5.41, 5.74) is -0.498. The lowest BCUT2D eigenvalue weighted by Crippen LogP contribution is -2.34. The number of ketones is 1. The van der Waals surface area contributed by atoms with E-state index >= 15 is 0 Å². The highest BCUT2D eigenvalue weighted by Gasteiger charge is 2.23. The molecule has 2 aromatic carbocycles. The highest BCUT2D eigenvalue weighted by Crippen LogP contribution is 2.27. The number of nitro benzene ring substituents is 1. The summed E-state index contributed by atoms with van der Waals surface area (Å²) in [5, 5.41) is 13.6. The minimum absolute atomic E-state index is 0.00865. The first kappa shape index (κ1) is 22.4. The van der Waals surface area contributed by atoms with E-state index in [1.165, 1.54) is 30.3 Å². The molecule has 0 aromatic heterocycles. The lowest BCUT2D eigenvalue weighted by atomic mass is 9.98. The van der Waals surface area contributed by atoms with Gasteiger partial charge in [-0.1, -0.05) is 29.8 Å². The number of amides is 1. The molecular weight excluding hydrogens is 428 g/mol. The van der Waals surface area contributed by atoms with Gasteiger partial charge in [-0.2, -0.15) is 0 Å². The van der Waals surface area contributed by atoms with Crippen molar-refractivity contribution in [2.75, 3.05) is 19.8 Å². The van der Waals surface area contributed by atoms with Crippen LogP contribution in [0.4, 0.5) is 5.69 Å². The van der Waals surface area contributed by atoms with Crippen LogP contribution in [0.25, 0.3) is 0 Å². The highest BCUT2D eigenvalue weighted by molar-refractivity contribution is 6.33. The number of nitro groups is 1. The van der Waals surface area contributed by atoms with Gasteiger partial charge in [0.05, 0.1) is 16.6 Å². The summed E-state index contributed by atoms with van der Waals surface area (Å²) in [4.78, 5) is 47.7. The first-order valence-electron chi connectivity index (χ1n) is 9.50. The summed E-state index contributed by atoms with van der Waals surface area (Å²) in [7, 11) is 0. The van der Waals surface area contributed by atoms with Crippen molar-refractivity contribution in [3.05, 3.63) is 74.3 Å². The third-order valence-electron chi connectivity index (χ3n) is 4.68. The van der Waals surface area contributed by atoms with Gasteiger partial charge in [-0.05, 0) is 31.0 Å². The molecule has 9 nitrogen and oxygen atoms in total. The molecule has 162 valence electrons. The van der Waals surface area contributed by atoms with Gasteiger partial charge in [-0.25, -0.2) is 4.79 Å². The molecule has 10 heteroatoms. The maximum atomic E-state index is 12.9. The van der Waals surface area contributed by atoms with E-state index in [9.17, 15) is 24.5 Å². The number of nitrogens with one attached hydrogen (secondary N) is 1. The number of carbonyl (C=O) groups excluding carboxylic acids is 3. The molecule has 0 spiro atoms. The summed E-state index contributed by atoms with van der Waals surface area (Å²) in [5.74, 6) is -1.96. The van der Waals surface area contributed by atoms with Crippen LogP contribution in [0.5, 0.6) is 0 Å². The van der Waals surface area contributed by atoms with Gasteiger partial charge >= 0.3 is 5.97 Å². The molecule has 1 heterocycles. The van der Waals surface area contributed by atoms with Crippen molar-refractivity contribution in [1.82, 2.24) is 5.32 Å². The van der Waals surface area contributed by atoms with Crippen LogP contribution in [0.1, 0.15) is 39.1 Å². The normalized spacial score (nSPS) is 15.3. The largest absolute Gasteiger partial charge is 0.452 e. The SMILES string of the molecule is O=C(COC(=O)c1ccccc1C(=O)c1ccc(Cl)c([N+](=O)[O-])c1)NCC1CCCO1. The van der Waals surface area contributed by atoms with Crippen LogP contribution < -0.4 is 5.32 Å². The fourth-order valence-corrected chi connectivity index (χ4v) is 3.29. The summed E-state index contributed by atoms with van der Waals surface area (Å²) < 4.78 is 10.4. The molecular formula is C21H19ClN2O7. The van der Waals surface area contributed by atoms with Crippen molar-refractivity contribution in [3.63, 3.8) is 0 Å². The van der Waals surface area contributed by atoms with Gasteiger partial charge in [0.2, 0.25) is 0 Å². The molecule has 1 fully saturated rings. The Morgan fingerprint density at radius 2 is 1.94 bits per heavy atom. The topological polar surface area (TPSA) is 125 Å². The Morgan fingerprint density at radius 1 is 1.19 bits per heavy atom. The summed E-state index contributed by atoms with van der Waals surface area (Å²) in [6.07, 6.45) is 1.76. The van der Waals surface area contributed by atoms with E-state index in [4.69, 9.17) is 21.1 Å². The zero-order valence-corrected chi connectivity index (χ0v) is 17.1. The fraction of sp³-hybridized carbons (Fsp3) is 0.286. The highest BCUT2D eigenvalue weighted by atomic mass is 35.5. The average Bonchev–Trinajstić information content (AvgIpc) is 3.29. The van der Waals surface area contributed by atoms with Gasteiger partial charge < -0.3 is 14.8 Å². The number of esters is 1. The van der Waals surface area contributed by atoms with Crippen LogP contribution in [0.15, 0.2) is 42.5 Å². The minimum Gasteiger partial charge on any atom is -0.452 e. The standard InChI is InChI=1S/C21H19ClN2O7/c22-17-8-7-13(10-18(17)24(28)29)20(26)15-5-1-2-6-16(15)21(27)31-12-19(25)23-11-14-4-3-9-30-14/h1-2,5-8,10,14H,3-4,9,11-12H2,(H,23,25). The van der Waals surface area contributed by atoms with Gasteiger partial charge in [0.15, 0.2) is 12.4 Å². The molecule has 0 bridgehead atoms. The van der Waals surface area contributed by atoms with Crippen LogP contribution >= 0.6 is 11.6 Å². The molecule has 1 atom stereocenters. The zero-order valence-electron chi connectivity index (χ0n) is 16.3. The Morgan fingerprint density at radius 3 is 2.61 bits per heavy atom. The van der Waals surface area contributed by atoms with E-state index in [0.717, 1.165) is 18.9 Å². The zero-order chi connectivity index (χ0) is 22.4. The predicted octanol–water partition coefficient (Wildman–Crippen LogP) is 2.93. The van der Waals surface area contributed by atoms with Crippen LogP contribution in [0.3, 0.4) is 0 Å². The maximum Gasteiger partial charge on any atom is 0.339 e. The number of hydrogen-bond acceptors (Lipinski definition) is 7. The molecule has 0 radical (unpaired) electrons. The molecule has 1 amide bonds. The van der Waals surface area contributed by atoms with E-state index in [2.05, 4.69) is 5.32 Å². The summed E-state index contributed by atoms with van der Waals surface area (Å²) >= 11 is 5.79. The van der Waals surface area contributed by atoms with Crippen LogP contribution in [0.2, 0.25) is 5.02 Å². The Hall–Kier alpha value is -3.30. The predicted molar refractivity (Wildman–Crippen MR) is 110 cm³/mol. The van der Waals surface area contributed by atoms with Crippen LogP contribution in [-0.4, -0.2) is 48.4 Å². The molecule has 2 aromatic rings. The second kappa shape index (κ2) is 10.1. The second-order valence-electron chi connectivity index (χ2n) is 6.81. The maximum absolute atomic E-state index is 12.9. The number of ether oxygens (including phenoxy) is 2. The quantitative estimate of drug-likeness (QED) is 0.286. The third kappa shape index (κ3) is 5.65. The third-order valence-corrected chi connectivity index (χ3v) is 5.00. The van der Waals surface area contributed by atoms with Crippen molar-refractivity contribution in [3.8, 4) is 0 Å². The van der Waals surface area contributed by atoms with Gasteiger partial charge in [-0.3, -0.25) is 19.7 Å². The van der Waals surface area contributed by atoms with E-state index in [0.29, 0.717) is 13.2 Å². The lowest BCUT2D eigenvalue weighted by Gasteiger charge is -2.12. The number of nitrogens with zero attached hydrogens (tertiary/aromatic N) is 1. The fourth-order valence-electron chi connectivity index (χ4n) is 3.10. The summed E-state index contributed by atoms with van der Waals surface area (Å²) in [6.45, 7) is 0.485. The van der Waals surface area contributed by atoms with E-state index < -0.39 is 34.9 Å². The Labute approximate surface area is 182 Å². The van der Waals surface area contributed by atoms with E-state index in [1.807, 2.05) is 0 Å². The van der Waals surface area contributed by atoms with Crippen LogP contribution in [-0.2, 0) is 14.3 Å². The summed E-state index contributed by atoms with van der Waals surface area (Å²) in [6, 6.07) is 9.48. The monoisotopic (exact) mass is 446 g/mol. The molecule has 3 rings (SSSR count). The van der Waals surface area contributed by atoms with E-state index in [1.54, 1.807) is 6.07 Å². The molecule has 1 unspecified atom stereocenters. The Kier molecular flexibility index (Phi) is 7.32. The van der Waals surface area contributed by atoms with Gasteiger partial charge in [-0.15, -0.1) is 0 Å². The second-order valence-corrected chi connectivity index (χ2v) is 7.22. The molecule has 0 saturated carbocycles. The number of hydrogen-bond donors (Lipinski definition) is 1. The van der Waals surface area contributed by atoms with Gasteiger partial charge in [0.1, 0.15) is 5.02 Å². The number of benzene rings is 2. The first-order valence-corrected chi connectivity index (χ1v) is 9.87. The number of carbonyl (C=O) groups is 3. The lowest BCUT2D eigenvalue weighted by molar-refractivity contribution is -0.384. The molecule has 1 saturated heterocycles. The molecule has 1 aliphatic rings. The van der Waals surface area contributed by atoms with Crippen LogP contribution in [0, 0.1) is 10.1 Å². The smallest absolute Gasteiger partial charge is 0.339 e. The van der Waals surface area contributed by atoms with Crippen molar-refractivity contribution in [1.29, 1.82) is 0 Å². The van der Waals surface area contributed by atoms with Gasteiger partial charge in [0.25, 0.3) is 11.6 Å². The van der Waals surface area contributed by atoms with Crippen molar-refractivity contribution < 1.29 is 28.8 Å². The van der Waals surface area contributed by atoms with Gasteiger partial charge in [0, 0.05) is 30.3 Å². The van der Waals surface area contributed by atoms with Crippen molar-refractivity contribution in [2.24, 2.45) is 0 Å². The molecule has 1 N–H and O–H groups in total. The minimum atomic E-state index is -0.861.